The molecule has 0 bridgehead atoms. The molecule has 0 aromatic carbocycles. The molecule has 16 heavy (non-hydrogen) atoms. The lowest BCUT2D eigenvalue weighted by molar-refractivity contribution is 0.0405. The maximum absolute atomic E-state index is 5.16. The standard InChI is InChI=1S/C6H13NO.C6H15NO/c1-2-7-3-5-8-6-4-7;1-7(2)5-4-6-8-3/h2-6H2,1H3;4-6H2,1-3H3. The van der Waals surface area contributed by atoms with Crippen LogP contribution in [0.4, 0.5) is 0 Å². The largest absolute Gasteiger partial charge is 0.385 e. The van der Waals surface area contributed by atoms with E-state index in [-0.39, 0.29) is 0 Å². The molecule has 1 rings (SSSR count). The van der Waals surface area contributed by atoms with Gasteiger partial charge in [-0.15, -0.1) is 0 Å². The van der Waals surface area contributed by atoms with Gasteiger partial charge in [-0.05, 0) is 33.6 Å². The van der Waals surface area contributed by atoms with Gasteiger partial charge in [0.1, 0.15) is 0 Å². The van der Waals surface area contributed by atoms with E-state index in [0.29, 0.717) is 0 Å². The maximum Gasteiger partial charge on any atom is 0.0594 e. The molecule has 1 aliphatic rings. The van der Waals surface area contributed by atoms with Crippen LogP contribution >= 0.6 is 0 Å². The molecule has 0 aliphatic carbocycles. The third-order valence-corrected chi connectivity index (χ3v) is 2.50. The van der Waals surface area contributed by atoms with Crippen molar-refractivity contribution < 1.29 is 9.47 Å². The minimum Gasteiger partial charge on any atom is -0.385 e. The molecule has 0 unspecified atom stereocenters. The van der Waals surface area contributed by atoms with Crippen LogP contribution in [-0.4, -0.2) is 77.0 Å². The molecule has 0 aromatic rings. The van der Waals surface area contributed by atoms with Gasteiger partial charge in [0, 0.05) is 26.8 Å². The molecule has 1 aliphatic heterocycles. The summed E-state index contributed by atoms with van der Waals surface area (Å²) in [5, 5.41) is 0. The van der Waals surface area contributed by atoms with E-state index in [9.17, 15) is 0 Å². The zero-order valence-electron chi connectivity index (χ0n) is 11.4. The summed E-state index contributed by atoms with van der Waals surface area (Å²) >= 11 is 0. The second-order valence-corrected chi connectivity index (χ2v) is 4.20. The Hall–Kier alpha value is -0.160. The van der Waals surface area contributed by atoms with Crippen LogP contribution in [0.25, 0.3) is 0 Å². The molecule has 0 aromatic heterocycles. The van der Waals surface area contributed by atoms with Gasteiger partial charge in [0.05, 0.1) is 13.2 Å². The quantitative estimate of drug-likeness (QED) is 0.658. The summed E-state index contributed by atoms with van der Waals surface area (Å²) < 4.78 is 10.0. The maximum atomic E-state index is 5.16. The normalized spacial score (nSPS) is 17.1. The monoisotopic (exact) mass is 232 g/mol. The van der Waals surface area contributed by atoms with Crippen molar-refractivity contribution in [1.82, 2.24) is 9.80 Å². The zero-order valence-corrected chi connectivity index (χ0v) is 11.4. The molecule has 1 fully saturated rings. The summed E-state index contributed by atoms with van der Waals surface area (Å²) in [5.41, 5.74) is 0. The Morgan fingerprint density at radius 2 is 1.88 bits per heavy atom. The number of hydrogen-bond donors (Lipinski definition) is 0. The average Bonchev–Trinajstić information content (AvgIpc) is 2.31. The van der Waals surface area contributed by atoms with Gasteiger partial charge in [-0.2, -0.15) is 0 Å². The molecule has 4 heteroatoms. The van der Waals surface area contributed by atoms with E-state index >= 15 is 0 Å². The van der Waals surface area contributed by atoms with Gasteiger partial charge < -0.3 is 14.4 Å². The number of morpholine rings is 1. The van der Waals surface area contributed by atoms with E-state index < -0.39 is 0 Å². The summed E-state index contributed by atoms with van der Waals surface area (Å²) in [4.78, 5) is 4.54. The first-order valence-corrected chi connectivity index (χ1v) is 6.14. The van der Waals surface area contributed by atoms with Crippen LogP contribution in [0.3, 0.4) is 0 Å². The van der Waals surface area contributed by atoms with E-state index in [4.69, 9.17) is 9.47 Å². The number of likely N-dealkylation sites (N-methyl/N-ethyl adjacent to an activating group) is 1. The van der Waals surface area contributed by atoms with E-state index in [1.165, 1.54) is 6.54 Å². The van der Waals surface area contributed by atoms with Gasteiger partial charge in [0.2, 0.25) is 0 Å². The van der Waals surface area contributed by atoms with Crippen LogP contribution in [-0.2, 0) is 9.47 Å². The van der Waals surface area contributed by atoms with Crippen molar-refractivity contribution in [2.24, 2.45) is 0 Å². The minimum absolute atomic E-state index is 0.873. The Morgan fingerprint density at radius 3 is 2.25 bits per heavy atom. The SMILES string of the molecule is CCN1CCOCC1.COCCCN(C)C. The fraction of sp³-hybridized carbons (Fsp3) is 1.00. The highest BCUT2D eigenvalue weighted by atomic mass is 16.5. The van der Waals surface area contributed by atoms with Crippen LogP contribution in [0.2, 0.25) is 0 Å². The summed E-state index contributed by atoms with van der Waals surface area (Å²) in [5.74, 6) is 0. The van der Waals surface area contributed by atoms with Crippen molar-refractivity contribution >= 4 is 0 Å². The van der Waals surface area contributed by atoms with Gasteiger partial charge in [-0.25, -0.2) is 0 Å². The highest BCUT2D eigenvalue weighted by Gasteiger charge is 2.05. The Kier molecular flexibility index (Phi) is 11.2. The molecule has 0 atom stereocenters. The summed E-state index contributed by atoms with van der Waals surface area (Å²) in [6.07, 6.45) is 1.13. The second kappa shape index (κ2) is 11.3. The van der Waals surface area contributed by atoms with Crippen LogP contribution in [0.15, 0.2) is 0 Å². The Morgan fingerprint density at radius 1 is 1.25 bits per heavy atom. The number of rotatable bonds is 5. The van der Waals surface area contributed by atoms with E-state index in [1.54, 1.807) is 7.11 Å². The average molecular weight is 232 g/mol. The van der Waals surface area contributed by atoms with Crippen molar-refractivity contribution in [1.29, 1.82) is 0 Å². The van der Waals surface area contributed by atoms with Crippen molar-refractivity contribution in [2.45, 2.75) is 13.3 Å². The lowest BCUT2D eigenvalue weighted by Crippen LogP contribution is -2.35. The van der Waals surface area contributed by atoms with Crippen LogP contribution in [0, 0.1) is 0 Å². The predicted octanol–water partition coefficient (Wildman–Crippen LogP) is 0.923. The van der Waals surface area contributed by atoms with Gasteiger partial charge in [-0.1, -0.05) is 6.92 Å². The molecule has 4 nitrogen and oxygen atoms in total. The first-order valence-electron chi connectivity index (χ1n) is 6.14. The van der Waals surface area contributed by atoms with Crippen LogP contribution in [0.1, 0.15) is 13.3 Å². The van der Waals surface area contributed by atoms with Crippen molar-refractivity contribution in [2.75, 3.05) is 67.2 Å². The second-order valence-electron chi connectivity index (χ2n) is 4.20. The zero-order chi connectivity index (χ0) is 12.2. The van der Waals surface area contributed by atoms with Crippen LogP contribution in [0.5, 0.6) is 0 Å². The van der Waals surface area contributed by atoms with Crippen LogP contribution < -0.4 is 0 Å². The number of nitrogens with zero attached hydrogens (tertiary/aromatic N) is 2. The number of ether oxygens (including phenoxy) is 2. The van der Waals surface area contributed by atoms with E-state index in [1.807, 2.05) is 0 Å². The predicted molar refractivity (Wildman–Crippen MR) is 68.0 cm³/mol. The highest BCUT2D eigenvalue weighted by molar-refractivity contribution is 4.57. The third kappa shape index (κ3) is 10.4. The fourth-order valence-corrected chi connectivity index (χ4v) is 1.44. The lowest BCUT2D eigenvalue weighted by Gasteiger charge is -2.24. The van der Waals surface area contributed by atoms with Gasteiger partial charge in [0.15, 0.2) is 0 Å². The molecular formula is C12H28N2O2. The molecule has 0 spiro atoms. The Balaban J connectivity index is 0.000000281. The first kappa shape index (κ1) is 15.8. The topological polar surface area (TPSA) is 24.9 Å². The van der Waals surface area contributed by atoms with Crippen molar-refractivity contribution in [3.8, 4) is 0 Å². The summed E-state index contributed by atoms with van der Waals surface area (Å²) in [6, 6.07) is 0. The van der Waals surface area contributed by atoms with Crippen molar-refractivity contribution in [3.63, 3.8) is 0 Å². The lowest BCUT2D eigenvalue weighted by atomic mass is 10.4. The molecule has 1 heterocycles. The molecule has 0 saturated carbocycles. The van der Waals surface area contributed by atoms with Gasteiger partial charge in [-0.3, -0.25) is 4.90 Å². The molecule has 1 saturated heterocycles. The first-order chi connectivity index (χ1) is 7.70. The van der Waals surface area contributed by atoms with E-state index in [2.05, 4.69) is 30.8 Å². The summed E-state index contributed by atoms with van der Waals surface area (Å²) in [6.45, 7) is 9.44. The Labute approximate surface area is 101 Å². The summed E-state index contributed by atoms with van der Waals surface area (Å²) in [7, 11) is 5.86. The minimum atomic E-state index is 0.873. The number of methoxy groups -OCH3 is 1. The van der Waals surface area contributed by atoms with E-state index in [0.717, 1.165) is 45.9 Å². The Bertz CT molecular complexity index is 137. The molecule has 0 radical (unpaired) electrons. The number of hydrogen-bond acceptors (Lipinski definition) is 4. The van der Waals surface area contributed by atoms with Gasteiger partial charge >= 0.3 is 0 Å². The molecule has 0 N–H and O–H groups in total. The van der Waals surface area contributed by atoms with Gasteiger partial charge in [0.25, 0.3) is 0 Å². The molecule has 98 valence electrons. The molecule has 0 amide bonds. The smallest absolute Gasteiger partial charge is 0.0594 e. The highest BCUT2D eigenvalue weighted by Crippen LogP contribution is 1.93. The molecular weight excluding hydrogens is 204 g/mol. The third-order valence-electron chi connectivity index (χ3n) is 2.50. The fourth-order valence-electron chi connectivity index (χ4n) is 1.44. The van der Waals surface area contributed by atoms with Crippen molar-refractivity contribution in [3.05, 3.63) is 0 Å².